The van der Waals surface area contributed by atoms with Crippen molar-refractivity contribution in [2.24, 2.45) is 0 Å². The van der Waals surface area contributed by atoms with Crippen LogP contribution in [0.3, 0.4) is 0 Å². The molecule has 26 heavy (non-hydrogen) atoms. The van der Waals surface area contributed by atoms with Crippen molar-refractivity contribution < 1.29 is 9.53 Å². The Kier molecular flexibility index (Phi) is 4.78. The Balaban J connectivity index is 1.59. The van der Waals surface area contributed by atoms with E-state index in [0.717, 1.165) is 31.9 Å². The maximum atomic E-state index is 12.3. The lowest BCUT2D eigenvalue weighted by Crippen LogP contribution is -2.36. The van der Waals surface area contributed by atoms with E-state index in [2.05, 4.69) is 39.7 Å². The van der Waals surface area contributed by atoms with Crippen LogP contribution in [0.5, 0.6) is 0 Å². The molecule has 0 radical (unpaired) electrons. The zero-order valence-electron chi connectivity index (χ0n) is 15.6. The van der Waals surface area contributed by atoms with Gasteiger partial charge in [-0.05, 0) is 25.1 Å². The lowest BCUT2D eigenvalue weighted by molar-refractivity contribution is -0.135. The predicted molar refractivity (Wildman–Crippen MR) is 99.6 cm³/mol. The van der Waals surface area contributed by atoms with Crippen LogP contribution in [0.15, 0.2) is 24.4 Å². The first-order valence-electron chi connectivity index (χ1n) is 9.37. The largest absolute Gasteiger partial charge is 0.372 e. The lowest BCUT2D eigenvalue weighted by atomic mass is 10.0. The van der Waals surface area contributed by atoms with Crippen LogP contribution in [-0.4, -0.2) is 58.6 Å². The molecular formula is C20H26N4O2. The van der Waals surface area contributed by atoms with Crippen molar-refractivity contribution in [3.05, 3.63) is 41.3 Å². The van der Waals surface area contributed by atoms with Gasteiger partial charge in [0, 0.05) is 51.3 Å². The molecule has 3 heterocycles. The van der Waals surface area contributed by atoms with Crippen molar-refractivity contribution in [1.29, 1.82) is 0 Å². The summed E-state index contributed by atoms with van der Waals surface area (Å²) >= 11 is 0. The lowest BCUT2D eigenvalue weighted by Gasteiger charge is -2.20. The molecule has 6 nitrogen and oxygen atoms in total. The van der Waals surface area contributed by atoms with E-state index in [9.17, 15) is 4.79 Å². The van der Waals surface area contributed by atoms with Crippen LogP contribution >= 0.6 is 0 Å². The number of amides is 1. The smallest absolute Gasteiger partial charge is 0.248 e. The van der Waals surface area contributed by atoms with E-state index in [-0.39, 0.29) is 12.5 Å². The first kappa shape index (κ1) is 17.2. The number of aromatic nitrogens is 2. The second-order valence-electron chi connectivity index (χ2n) is 7.09. The number of ether oxygens (including phenoxy) is 1. The van der Waals surface area contributed by atoms with Crippen molar-refractivity contribution in [3.8, 4) is 11.3 Å². The Hall–Kier alpha value is -2.18. The fourth-order valence-electron chi connectivity index (χ4n) is 4.00. The Morgan fingerprint density at radius 3 is 2.96 bits per heavy atom. The van der Waals surface area contributed by atoms with Gasteiger partial charge in [-0.15, -0.1) is 0 Å². The Morgan fingerprint density at radius 2 is 2.12 bits per heavy atom. The van der Waals surface area contributed by atoms with E-state index in [0.29, 0.717) is 19.7 Å². The Bertz CT molecular complexity index is 814. The highest BCUT2D eigenvalue weighted by Crippen LogP contribution is 2.33. The van der Waals surface area contributed by atoms with Gasteiger partial charge >= 0.3 is 0 Å². The van der Waals surface area contributed by atoms with E-state index in [1.165, 1.54) is 22.4 Å². The Morgan fingerprint density at radius 1 is 1.23 bits per heavy atom. The van der Waals surface area contributed by atoms with E-state index in [1.807, 2.05) is 18.0 Å². The molecule has 0 N–H and O–H groups in total. The molecule has 4 rings (SSSR count). The number of nitrogens with zero attached hydrogens (tertiary/aromatic N) is 4. The Labute approximate surface area is 154 Å². The maximum Gasteiger partial charge on any atom is 0.248 e. The van der Waals surface area contributed by atoms with Crippen molar-refractivity contribution in [2.45, 2.75) is 33.0 Å². The zero-order valence-corrected chi connectivity index (χ0v) is 15.6. The SMILES string of the molecule is CCOCC(=O)N1CCc2ncc(-c3cccc4c3CN(C)C4)n2CC1. The van der Waals surface area contributed by atoms with Gasteiger partial charge in [0.1, 0.15) is 12.4 Å². The standard InChI is InChI=1S/C20H26N4O2/c1-3-26-14-20(25)23-8-7-19-21-11-18(24(19)10-9-23)16-6-4-5-15-12-22(2)13-17(15)16/h4-6,11H,3,7-10,12-14H2,1-2H3. The highest BCUT2D eigenvalue weighted by molar-refractivity contribution is 5.77. The van der Waals surface area contributed by atoms with E-state index < -0.39 is 0 Å². The number of imidazole rings is 1. The topological polar surface area (TPSA) is 50.6 Å². The molecule has 0 aliphatic carbocycles. The van der Waals surface area contributed by atoms with Gasteiger partial charge in [-0.2, -0.15) is 0 Å². The third-order valence-electron chi connectivity index (χ3n) is 5.34. The summed E-state index contributed by atoms with van der Waals surface area (Å²) in [6.07, 6.45) is 2.79. The summed E-state index contributed by atoms with van der Waals surface area (Å²) in [5.74, 6) is 1.14. The molecule has 0 saturated heterocycles. The molecule has 0 atom stereocenters. The second kappa shape index (κ2) is 7.21. The van der Waals surface area contributed by atoms with E-state index >= 15 is 0 Å². The summed E-state index contributed by atoms with van der Waals surface area (Å²) in [5, 5.41) is 0. The molecule has 6 heteroatoms. The molecule has 0 saturated carbocycles. The minimum absolute atomic E-state index is 0.0707. The van der Waals surface area contributed by atoms with E-state index in [1.54, 1.807) is 0 Å². The molecule has 2 aromatic rings. The van der Waals surface area contributed by atoms with Crippen molar-refractivity contribution in [1.82, 2.24) is 19.4 Å². The molecule has 2 aliphatic rings. The van der Waals surface area contributed by atoms with E-state index in [4.69, 9.17) is 4.74 Å². The number of benzene rings is 1. The molecule has 1 aromatic carbocycles. The normalized spacial score (nSPS) is 17.1. The number of hydrogen-bond donors (Lipinski definition) is 0. The first-order chi connectivity index (χ1) is 12.7. The number of hydrogen-bond acceptors (Lipinski definition) is 4. The zero-order chi connectivity index (χ0) is 18.1. The summed E-state index contributed by atoms with van der Waals surface area (Å²) in [6.45, 7) is 6.82. The quantitative estimate of drug-likeness (QED) is 0.842. The molecular weight excluding hydrogens is 328 g/mol. The van der Waals surface area contributed by atoms with Crippen molar-refractivity contribution >= 4 is 5.91 Å². The predicted octanol–water partition coefficient (Wildman–Crippen LogP) is 1.92. The van der Waals surface area contributed by atoms with Gasteiger partial charge in [-0.1, -0.05) is 18.2 Å². The number of carbonyl (C=O) groups is 1. The van der Waals surface area contributed by atoms with Gasteiger partial charge in [-0.25, -0.2) is 4.98 Å². The van der Waals surface area contributed by atoms with Crippen LogP contribution in [0.2, 0.25) is 0 Å². The van der Waals surface area contributed by atoms with Crippen LogP contribution in [0, 0.1) is 0 Å². The molecule has 1 amide bonds. The summed E-state index contributed by atoms with van der Waals surface area (Å²) in [6, 6.07) is 6.56. The van der Waals surface area contributed by atoms with Crippen LogP contribution in [0.4, 0.5) is 0 Å². The average Bonchev–Trinajstić information content (AvgIpc) is 3.15. The van der Waals surface area contributed by atoms with Crippen LogP contribution in [0.25, 0.3) is 11.3 Å². The maximum absolute atomic E-state index is 12.3. The van der Waals surface area contributed by atoms with Crippen LogP contribution in [0.1, 0.15) is 23.9 Å². The fourth-order valence-corrected chi connectivity index (χ4v) is 4.00. The van der Waals surface area contributed by atoms with Crippen molar-refractivity contribution in [3.63, 3.8) is 0 Å². The fraction of sp³-hybridized carbons (Fsp3) is 0.500. The molecule has 0 fully saturated rings. The molecule has 0 bridgehead atoms. The number of rotatable bonds is 4. The highest BCUT2D eigenvalue weighted by Gasteiger charge is 2.24. The molecule has 138 valence electrons. The van der Waals surface area contributed by atoms with Gasteiger partial charge < -0.3 is 14.2 Å². The average molecular weight is 354 g/mol. The van der Waals surface area contributed by atoms with Gasteiger partial charge in [0.15, 0.2) is 0 Å². The third kappa shape index (κ3) is 3.15. The first-order valence-corrected chi connectivity index (χ1v) is 9.37. The molecule has 1 aromatic heterocycles. The summed E-state index contributed by atoms with van der Waals surface area (Å²) in [5.41, 5.74) is 5.26. The second-order valence-corrected chi connectivity index (χ2v) is 7.09. The summed E-state index contributed by atoms with van der Waals surface area (Å²) in [7, 11) is 2.16. The van der Waals surface area contributed by atoms with Gasteiger partial charge in [-0.3, -0.25) is 9.69 Å². The van der Waals surface area contributed by atoms with Crippen molar-refractivity contribution in [2.75, 3.05) is 33.4 Å². The van der Waals surface area contributed by atoms with Gasteiger partial charge in [0.25, 0.3) is 0 Å². The molecule has 2 aliphatic heterocycles. The minimum atomic E-state index is 0.0707. The summed E-state index contributed by atoms with van der Waals surface area (Å²) in [4.78, 5) is 21.2. The number of fused-ring (bicyclic) bond motifs is 2. The third-order valence-corrected chi connectivity index (χ3v) is 5.34. The minimum Gasteiger partial charge on any atom is -0.372 e. The molecule has 0 spiro atoms. The van der Waals surface area contributed by atoms with Crippen LogP contribution < -0.4 is 0 Å². The van der Waals surface area contributed by atoms with Crippen LogP contribution in [-0.2, 0) is 35.6 Å². The molecule has 0 unspecified atom stereocenters. The monoisotopic (exact) mass is 354 g/mol. The summed E-state index contributed by atoms with van der Waals surface area (Å²) < 4.78 is 7.58. The van der Waals surface area contributed by atoms with Gasteiger partial charge in [0.2, 0.25) is 5.91 Å². The highest BCUT2D eigenvalue weighted by atomic mass is 16.5. The number of carbonyl (C=O) groups excluding carboxylic acids is 1. The van der Waals surface area contributed by atoms with Gasteiger partial charge in [0.05, 0.1) is 11.9 Å².